The smallest absolute Gasteiger partial charge is 0.852 e. The maximum absolute atomic E-state index is 9.53. The van der Waals surface area contributed by atoms with Gasteiger partial charge < -0.3 is 15.3 Å². The van der Waals surface area contributed by atoms with E-state index in [4.69, 9.17) is 0 Å². The van der Waals surface area contributed by atoms with E-state index in [1.807, 2.05) is 0 Å². The van der Waals surface area contributed by atoms with Gasteiger partial charge in [0.2, 0.25) is 0 Å². The Morgan fingerprint density at radius 2 is 0.571 bits per heavy atom. The molecule has 1 radical (unpaired) electrons. The summed E-state index contributed by atoms with van der Waals surface area (Å²) in [6.07, 6.45) is -1.25. The molecule has 0 aromatic heterocycles. The zero-order valence-corrected chi connectivity index (χ0v) is 12.7. The van der Waals surface area contributed by atoms with Crippen molar-refractivity contribution in [3.63, 3.8) is 0 Å². The molecule has 0 aliphatic rings. The van der Waals surface area contributed by atoms with Gasteiger partial charge in [-0.2, -0.15) is 0 Å². The predicted octanol–water partition coefficient (Wildman–Crippen LogP) is -1.12. The van der Waals surface area contributed by atoms with Gasteiger partial charge in [-0.05, 0) is 0 Å². The molecule has 0 saturated carbocycles. The van der Waals surface area contributed by atoms with Gasteiger partial charge in [-0.1, -0.05) is 41.5 Å². The maximum atomic E-state index is 9.53. The summed E-state index contributed by atoms with van der Waals surface area (Å²) >= 11 is 0. The van der Waals surface area contributed by atoms with Crippen LogP contribution in [0.15, 0.2) is 0 Å². The Morgan fingerprint density at radius 1 is 0.571 bits per heavy atom. The predicted molar refractivity (Wildman–Crippen MR) is 51.2 cm³/mol. The number of hydrogen-bond donors (Lipinski definition) is 0. The second-order valence-corrected chi connectivity index (χ2v) is 3.15. The van der Waals surface area contributed by atoms with Crippen LogP contribution in [0, 0.1) is 0 Å². The molecule has 0 spiro atoms. The minimum Gasteiger partial charge on any atom is -0.852 e. The van der Waals surface area contributed by atoms with E-state index >= 15 is 0 Å². The molecule has 0 atom stereocenters. The van der Waals surface area contributed by atoms with Crippen molar-refractivity contribution in [2.75, 3.05) is 0 Å². The normalized spacial score (nSPS) is 7.71. The summed E-state index contributed by atoms with van der Waals surface area (Å²) in [5, 5.41) is 28.6. The molecule has 0 N–H and O–H groups in total. The summed E-state index contributed by atoms with van der Waals surface area (Å²) in [6, 6.07) is 0. The van der Waals surface area contributed by atoms with Gasteiger partial charge in [-0.15, -0.1) is 18.3 Å². The van der Waals surface area contributed by atoms with Crippen LogP contribution in [0.3, 0.4) is 0 Å². The monoisotopic (exact) mass is 307 g/mol. The summed E-state index contributed by atoms with van der Waals surface area (Å²) in [7, 11) is 0. The fourth-order valence-corrected chi connectivity index (χ4v) is 0. The Hall–Kier alpha value is 1.04. The number of rotatable bonds is 0. The van der Waals surface area contributed by atoms with Crippen LogP contribution in [0.5, 0.6) is 0 Å². The summed E-state index contributed by atoms with van der Waals surface area (Å²) in [6.45, 7) is 9.67. The first kappa shape index (κ1) is 29.4. The van der Waals surface area contributed by atoms with Crippen LogP contribution in [-0.4, -0.2) is 35.7 Å². The van der Waals surface area contributed by atoms with Crippen molar-refractivity contribution in [1.29, 1.82) is 0 Å². The second-order valence-electron chi connectivity index (χ2n) is 3.15. The van der Waals surface area contributed by atoms with Gasteiger partial charge >= 0.3 is 17.4 Å². The molecule has 87 valence electrons. The Kier molecular flexibility index (Phi) is 49.7. The molecule has 0 fully saturated rings. The van der Waals surface area contributed by atoms with Crippen molar-refractivity contribution in [3.05, 3.63) is 0 Å². The van der Waals surface area contributed by atoms with Crippen molar-refractivity contribution in [3.8, 4) is 0 Å². The molecule has 0 aromatic rings. The first-order valence-corrected chi connectivity index (χ1v) is 4.17. The molecule has 0 unspecified atom stereocenters. The van der Waals surface area contributed by atoms with Crippen molar-refractivity contribution < 1.29 is 34.8 Å². The van der Waals surface area contributed by atoms with E-state index in [0.717, 1.165) is 0 Å². The first-order valence-electron chi connectivity index (χ1n) is 4.17. The van der Waals surface area contributed by atoms with Crippen LogP contribution in [0.1, 0.15) is 41.5 Å². The minimum atomic E-state index is -0.417. The van der Waals surface area contributed by atoms with Crippen LogP contribution in [0.4, 0.5) is 0 Å². The fraction of sp³-hybridized carbons (Fsp3) is 1.00. The molecule has 0 aliphatic carbocycles. The Morgan fingerprint density at radius 3 is 0.571 bits per heavy atom. The van der Waals surface area contributed by atoms with Gasteiger partial charge in [-0.25, -0.2) is 0 Å². The fourth-order valence-electron chi connectivity index (χ4n) is 0. The first-order chi connectivity index (χ1) is 5.20. The molecule has 0 aromatic carbocycles. The van der Waals surface area contributed by atoms with E-state index in [1.54, 1.807) is 41.5 Å². The third-order valence-electron chi connectivity index (χ3n) is 0. The van der Waals surface area contributed by atoms with E-state index in [2.05, 4.69) is 0 Å². The van der Waals surface area contributed by atoms with Crippen molar-refractivity contribution >= 4 is 17.4 Å². The van der Waals surface area contributed by atoms with Crippen LogP contribution >= 0.6 is 0 Å². The zero-order valence-electron chi connectivity index (χ0n) is 9.87. The average molecular weight is 307 g/mol. The van der Waals surface area contributed by atoms with Gasteiger partial charge in [0.25, 0.3) is 0 Å². The van der Waals surface area contributed by atoms with Crippen LogP contribution in [0.25, 0.3) is 0 Å². The van der Waals surface area contributed by atoms with Gasteiger partial charge in [0.15, 0.2) is 0 Å². The SMILES string of the molecule is CC(C)[O-].CC(C)[O-].CC(C)[O-].[Al+3].[Rh]. The molecule has 0 heterocycles. The van der Waals surface area contributed by atoms with Crippen molar-refractivity contribution in [1.82, 2.24) is 0 Å². The van der Waals surface area contributed by atoms with Crippen molar-refractivity contribution in [2.24, 2.45) is 0 Å². The molecular weight excluding hydrogens is 286 g/mol. The van der Waals surface area contributed by atoms with Gasteiger partial charge in [0.1, 0.15) is 0 Å². The number of hydrogen-bond acceptors (Lipinski definition) is 3. The molecule has 0 bridgehead atoms. The van der Waals surface area contributed by atoms with Crippen LogP contribution < -0.4 is 15.3 Å². The quantitative estimate of drug-likeness (QED) is 0.533. The summed E-state index contributed by atoms with van der Waals surface area (Å²) < 4.78 is 0. The topological polar surface area (TPSA) is 69.2 Å². The van der Waals surface area contributed by atoms with Crippen LogP contribution in [-0.2, 0) is 19.5 Å². The van der Waals surface area contributed by atoms with Crippen molar-refractivity contribution in [2.45, 2.75) is 59.9 Å². The minimum absolute atomic E-state index is 0. The molecule has 0 saturated heterocycles. The van der Waals surface area contributed by atoms with Crippen LogP contribution in [0.2, 0.25) is 0 Å². The Bertz CT molecular complexity index is 48.5. The third-order valence-corrected chi connectivity index (χ3v) is 0. The second kappa shape index (κ2) is 23.7. The summed E-state index contributed by atoms with van der Waals surface area (Å²) in [5.41, 5.74) is 0. The standard InChI is InChI=1S/3C3H7O.Al.Rh/c3*1-3(2)4;;/h3*3H,1-2H3;;/q3*-1;+3;. The molecule has 0 rings (SSSR count). The molecular formula is C9H21AlO3Rh. The van der Waals surface area contributed by atoms with E-state index in [-0.39, 0.29) is 36.8 Å². The largest absolute Gasteiger partial charge is 3.00 e. The third kappa shape index (κ3) is 1760. The molecule has 3 nitrogen and oxygen atoms in total. The molecule has 0 amide bonds. The van der Waals surface area contributed by atoms with E-state index in [0.29, 0.717) is 0 Å². The van der Waals surface area contributed by atoms with E-state index in [9.17, 15) is 15.3 Å². The van der Waals surface area contributed by atoms with E-state index < -0.39 is 18.3 Å². The Labute approximate surface area is 112 Å². The van der Waals surface area contributed by atoms with E-state index in [1.165, 1.54) is 0 Å². The average Bonchev–Trinajstić information content (AvgIpc) is 1.54. The summed E-state index contributed by atoms with van der Waals surface area (Å²) in [5.74, 6) is 0. The van der Waals surface area contributed by atoms with Gasteiger partial charge in [-0.3, -0.25) is 0 Å². The van der Waals surface area contributed by atoms with Gasteiger partial charge in [0, 0.05) is 19.5 Å². The van der Waals surface area contributed by atoms with Gasteiger partial charge in [0.05, 0.1) is 0 Å². The molecule has 0 aliphatic heterocycles. The summed E-state index contributed by atoms with van der Waals surface area (Å²) in [4.78, 5) is 0. The Balaban J connectivity index is -0.0000000270. The maximum Gasteiger partial charge on any atom is 3.00 e. The zero-order chi connectivity index (χ0) is 10.7. The molecule has 14 heavy (non-hydrogen) atoms. The molecule has 5 heteroatoms.